The van der Waals surface area contributed by atoms with E-state index in [1.165, 1.54) is 22.2 Å². The van der Waals surface area contributed by atoms with Crippen molar-refractivity contribution in [1.82, 2.24) is 25.2 Å². The maximum Gasteiger partial charge on any atom is 0.271 e. The number of nitrogens with zero attached hydrogens (tertiary/aromatic N) is 5. The van der Waals surface area contributed by atoms with Gasteiger partial charge < -0.3 is 14.7 Å². The molecule has 8 nitrogen and oxygen atoms in total. The molecule has 1 N–H and O–H groups in total. The maximum absolute atomic E-state index is 13.0. The third-order valence-electron chi connectivity index (χ3n) is 5.46. The zero-order valence-electron chi connectivity index (χ0n) is 17.3. The molecular formula is C21H23ClN6O2S. The molecule has 1 aliphatic heterocycles. The summed E-state index contributed by atoms with van der Waals surface area (Å²) in [6.07, 6.45) is 3.18. The van der Waals surface area contributed by atoms with Crippen molar-refractivity contribution < 1.29 is 9.32 Å². The number of rotatable bonds is 6. The van der Waals surface area contributed by atoms with Crippen molar-refractivity contribution in [2.24, 2.45) is 0 Å². The average Bonchev–Trinajstić information content (AvgIpc) is 3.48. The van der Waals surface area contributed by atoms with Crippen LogP contribution in [-0.4, -0.2) is 50.9 Å². The van der Waals surface area contributed by atoms with Crippen molar-refractivity contribution in [3.05, 3.63) is 45.7 Å². The Labute approximate surface area is 189 Å². The summed E-state index contributed by atoms with van der Waals surface area (Å²) in [4.78, 5) is 16.3. The molecule has 0 unspecified atom stereocenters. The van der Waals surface area contributed by atoms with Gasteiger partial charge in [-0.05, 0) is 38.8 Å². The Bertz CT molecular complexity index is 1100. The Morgan fingerprint density at radius 2 is 2.19 bits per heavy atom. The van der Waals surface area contributed by atoms with E-state index in [-0.39, 0.29) is 29.8 Å². The average molecular weight is 459 g/mol. The summed E-state index contributed by atoms with van der Waals surface area (Å²) < 4.78 is 7.57. The summed E-state index contributed by atoms with van der Waals surface area (Å²) >= 11 is 7.39. The molecule has 31 heavy (non-hydrogen) atoms. The molecule has 4 rings (SSSR count). The molecule has 1 aliphatic rings. The maximum atomic E-state index is 13.0. The molecule has 0 aliphatic carbocycles. The molecule has 10 heteroatoms. The first-order valence-electron chi connectivity index (χ1n) is 10.2. The number of carbonyl (C=O) groups is 1. The molecule has 3 aromatic rings. The van der Waals surface area contributed by atoms with Gasteiger partial charge in [0.1, 0.15) is 23.0 Å². The second-order valence-electron chi connectivity index (χ2n) is 7.84. The van der Waals surface area contributed by atoms with Gasteiger partial charge in [-0.1, -0.05) is 16.8 Å². The van der Waals surface area contributed by atoms with Crippen LogP contribution in [0.5, 0.6) is 0 Å². The number of halogens is 1. The number of amides is 1. The summed E-state index contributed by atoms with van der Waals surface area (Å²) in [5.74, 6) is 0.313. The Balaban J connectivity index is 1.47. The van der Waals surface area contributed by atoms with Gasteiger partial charge in [0.15, 0.2) is 5.76 Å². The Morgan fingerprint density at radius 1 is 1.42 bits per heavy atom. The Kier molecular flexibility index (Phi) is 6.41. The van der Waals surface area contributed by atoms with Gasteiger partial charge >= 0.3 is 0 Å². The second-order valence-corrected chi connectivity index (χ2v) is 9.56. The summed E-state index contributed by atoms with van der Waals surface area (Å²) in [7, 11) is 0. The van der Waals surface area contributed by atoms with Gasteiger partial charge in [0.25, 0.3) is 5.91 Å². The second kappa shape index (κ2) is 9.22. The lowest BCUT2D eigenvalue weighted by Crippen LogP contribution is -2.47. The van der Waals surface area contributed by atoms with Gasteiger partial charge in [-0.3, -0.25) is 9.48 Å². The van der Waals surface area contributed by atoms with Crippen LogP contribution >= 0.6 is 22.9 Å². The molecule has 0 radical (unpaired) electrons. The number of nitrogens with one attached hydrogen (secondary N) is 1. The van der Waals surface area contributed by atoms with Crippen molar-refractivity contribution in [3.63, 3.8) is 0 Å². The van der Waals surface area contributed by atoms with Gasteiger partial charge in [-0.15, -0.1) is 11.3 Å². The van der Waals surface area contributed by atoms with Crippen LogP contribution in [0.3, 0.4) is 0 Å². The molecule has 162 valence electrons. The van der Waals surface area contributed by atoms with E-state index in [0.29, 0.717) is 21.8 Å². The zero-order chi connectivity index (χ0) is 22.0. The van der Waals surface area contributed by atoms with Crippen LogP contribution in [0.15, 0.2) is 28.9 Å². The SMILES string of the molecule is CC(C)N1CCC(NC(=O)c2c(C#N)cnn2Cc2cc(-c3ccc(Cl)s3)on2)CC1. The van der Waals surface area contributed by atoms with E-state index in [4.69, 9.17) is 16.1 Å². The number of carbonyl (C=O) groups excluding carboxylic acids is 1. The van der Waals surface area contributed by atoms with Crippen LogP contribution in [0.2, 0.25) is 4.34 Å². The third kappa shape index (κ3) is 4.82. The third-order valence-corrected chi connectivity index (χ3v) is 6.70. The molecular weight excluding hydrogens is 436 g/mol. The number of aromatic nitrogens is 3. The smallest absolute Gasteiger partial charge is 0.271 e. The molecule has 0 spiro atoms. The van der Waals surface area contributed by atoms with E-state index in [9.17, 15) is 10.1 Å². The zero-order valence-corrected chi connectivity index (χ0v) is 18.9. The lowest BCUT2D eigenvalue weighted by molar-refractivity contribution is 0.0890. The predicted molar refractivity (Wildman–Crippen MR) is 118 cm³/mol. The highest BCUT2D eigenvalue weighted by Crippen LogP contribution is 2.31. The highest BCUT2D eigenvalue weighted by Gasteiger charge is 2.26. The van der Waals surface area contributed by atoms with Crippen molar-refractivity contribution in [2.75, 3.05) is 13.1 Å². The number of piperidine rings is 1. The van der Waals surface area contributed by atoms with Crippen LogP contribution in [0, 0.1) is 11.3 Å². The topological polar surface area (TPSA) is 100.0 Å². The van der Waals surface area contributed by atoms with E-state index in [1.54, 1.807) is 12.1 Å². The van der Waals surface area contributed by atoms with E-state index in [0.717, 1.165) is 30.8 Å². The first kappa shape index (κ1) is 21.6. The van der Waals surface area contributed by atoms with E-state index >= 15 is 0 Å². The standard InChI is InChI=1S/C21H23ClN6O2S/c1-13(2)27-7-5-15(6-8-27)25-21(29)20-14(10-23)11-24-28(20)12-16-9-17(30-26-16)18-3-4-19(22)31-18/h3-4,9,11,13,15H,5-8,12H2,1-2H3,(H,25,29). The highest BCUT2D eigenvalue weighted by atomic mass is 35.5. The highest BCUT2D eigenvalue weighted by molar-refractivity contribution is 7.19. The molecule has 4 heterocycles. The van der Waals surface area contributed by atoms with E-state index < -0.39 is 0 Å². The minimum Gasteiger partial charge on any atom is -0.355 e. The van der Waals surface area contributed by atoms with Gasteiger partial charge in [-0.2, -0.15) is 10.4 Å². The fourth-order valence-corrected chi connectivity index (χ4v) is 4.73. The fraction of sp³-hybridized carbons (Fsp3) is 0.429. The Morgan fingerprint density at radius 3 is 2.84 bits per heavy atom. The molecule has 0 aromatic carbocycles. The van der Waals surface area contributed by atoms with Crippen LogP contribution in [-0.2, 0) is 6.54 Å². The van der Waals surface area contributed by atoms with Gasteiger partial charge in [0.2, 0.25) is 0 Å². The quantitative estimate of drug-likeness (QED) is 0.603. The normalized spacial score (nSPS) is 15.3. The summed E-state index contributed by atoms with van der Waals surface area (Å²) in [6.45, 7) is 6.47. The Hall–Kier alpha value is -2.67. The number of nitriles is 1. The van der Waals surface area contributed by atoms with E-state index in [2.05, 4.69) is 40.4 Å². The van der Waals surface area contributed by atoms with Crippen molar-refractivity contribution in [1.29, 1.82) is 5.26 Å². The largest absolute Gasteiger partial charge is 0.355 e. The first-order valence-corrected chi connectivity index (χ1v) is 11.4. The monoisotopic (exact) mass is 458 g/mol. The fourth-order valence-electron chi connectivity index (χ4n) is 3.74. The number of likely N-dealkylation sites (tertiary alicyclic amines) is 1. The number of thiophene rings is 1. The van der Waals surface area contributed by atoms with Crippen molar-refractivity contribution in [2.45, 2.75) is 45.3 Å². The van der Waals surface area contributed by atoms with Gasteiger partial charge in [0.05, 0.1) is 22.0 Å². The molecule has 0 atom stereocenters. The van der Waals surface area contributed by atoms with Crippen LogP contribution in [0.4, 0.5) is 0 Å². The molecule has 0 bridgehead atoms. The first-order chi connectivity index (χ1) is 14.9. The summed E-state index contributed by atoms with van der Waals surface area (Å²) in [5.41, 5.74) is 1.09. The molecule has 1 fully saturated rings. The predicted octanol–water partition coefficient (Wildman–Crippen LogP) is 3.78. The van der Waals surface area contributed by atoms with Gasteiger partial charge in [-0.25, -0.2) is 0 Å². The lowest BCUT2D eigenvalue weighted by Gasteiger charge is -2.34. The summed E-state index contributed by atoms with van der Waals surface area (Å²) in [5, 5.41) is 20.9. The molecule has 1 amide bonds. The van der Waals surface area contributed by atoms with Crippen molar-refractivity contribution >= 4 is 28.8 Å². The number of hydrogen-bond donors (Lipinski definition) is 1. The molecule has 0 saturated carbocycles. The van der Waals surface area contributed by atoms with Gasteiger partial charge in [0, 0.05) is 31.2 Å². The van der Waals surface area contributed by atoms with E-state index in [1.807, 2.05) is 6.07 Å². The van der Waals surface area contributed by atoms with Crippen molar-refractivity contribution in [3.8, 4) is 16.7 Å². The van der Waals surface area contributed by atoms with Crippen LogP contribution in [0.1, 0.15) is 48.4 Å². The molecule has 3 aromatic heterocycles. The molecule has 1 saturated heterocycles. The summed E-state index contributed by atoms with van der Waals surface area (Å²) in [6, 6.07) is 8.10. The minimum absolute atomic E-state index is 0.0830. The van der Waals surface area contributed by atoms with Crippen LogP contribution < -0.4 is 5.32 Å². The van der Waals surface area contributed by atoms with Crippen LogP contribution in [0.25, 0.3) is 10.6 Å². The number of hydrogen-bond acceptors (Lipinski definition) is 7. The lowest BCUT2D eigenvalue weighted by atomic mass is 10.0. The minimum atomic E-state index is -0.286.